The van der Waals surface area contributed by atoms with E-state index in [1.807, 2.05) is 0 Å². The van der Waals surface area contributed by atoms with Gasteiger partial charge in [0.05, 0.1) is 15.7 Å². The monoisotopic (exact) mass is 324 g/mol. The van der Waals surface area contributed by atoms with E-state index in [9.17, 15) is 4.79 Å². The fourth-order valence-corrected chi connectivity index (χ4v) is 2.21. The van der Waals surface area contributed by atoms with E-state index < -0.39 is 6.03 Å². The molecule has 2 aromatic carbocycles. The Balaban J connectivity index is 1.70. The maximum absolute atomic E-state index is 11.9. The fraction of sp³-hybridized carbons (Fsp3) is 0.0714. The van der Waals surface area contributed by atoms with Crippen molar-refractivity contribution in [2.45, 2.75) is 0 Å². The molecule has 5 nitrogen and oxygen atoms in total. The third-order valence-corrected chi connectivity index (χ3v) is 3.65. The molecule has 3 rings (SSSR count). The maximum Gasteiger partial charge on any atom is 0.323 e. The van der Waals surface area contributed by atoms with Gasteiger partial charge in [-0.1, -0.05) is 29.3 Å². The Labute approximate surface area is 130 Å². The van der Waals surface area contributed by atoms with E-state index in [-0.39, 0.29) is 6.79 Å². The molecule has 0 fully saturated rings. The first-order valence-corrected chi connectivity index (χ1v) is 6.81. The third kappa shape index (κ3) is 2.99. The summed E-state index contributed by atoms with van der Waals surface area (Å²) in [6.45, 7) is 0.184. The fourth-order valence-electron chi connectivity index (χ4n) is 1.86. The predicted octanol–water partition coefficient (Wildman–Crippen LogP) is 4.37. The first-order valence-electron chi connectivity index (χ1n) is 6.05. The average Bonchev–Trinajstić information content (AvgIpc) is 2.91. The first kappa shape index (κ1) is 13.9. The molecule has 1 aliphatic rings. The highest BCUT2D eigenvalue weighted by Gasteiger charge is 2.14. The van der Waals surface area contributed by atoms with Crippen molar-refractivity contribution in [2.75, 3.05) is 17.4 Å². The number of carbonyl (C=O) groups excluding carboxylic acids is 1. The lowest BCUT2D eigenvalue weighted by molar-refractivity contribution is 0.174. The molecule has 2 aromatic rings. The summed E-state index contributed by atoms with van der Waals surface area (Å²) in [7, 11) is 0. The van der Waals surface area contributed by atoms with Gasteiger partial charge in [-0.25, -0.2) is 4.79 Å². The second-order valence-corrected chi connectivity index (χ2v) is 5.03. The summed E-state index contributed by atoms with van der Waals surface area (Å²) in [5.74, 6) is 1.24. The van der Waals surface area contributed by atoms with E-state index in [1.54, 1.807) is 36.4 Å². The Morgan fingerprint density at radius 1 is 1.05 bits per heavy atom. The van der Waals surface area contributed by atoms with Gasteiger partial charge >= 0.3 is 6.03 Å². The lowest BCUT2D eigenvalue weighted by atomic mass is 10.3. The number of hydrogen-bond acceptors (Lipinski definition) is 3. The van der Waals surface area contributed by atoms with Crippen molar-refractivity contribution >= 4 is 40.6 Å². The van der Waals surface area contributed by atoms with E-state index in [2.05, 4.69) is 10.6 Å². The van der Waals surface area contributed by atoms with Crippen molar-refractivity contribution in [2.24, 2.45) is 0 Å². The van der Waals surface area contributed by atoms with Crippen molar-refractivity contribution in [1.82, 2.24) is 0 Å². The molecule has 0 aromatic heterocycles. The zero-order valence-corrected chi connectivity index (χ0v) is 12.2. The van der Waals surface area contributed by atoms with Gasteiger partial charge in [0.25, 0.3) is 0 Å². The summed E-state index contributed by atoms with van der Waals surface area (Å²) in [5.41, 5.74) is 1.01. The minimum atomic E-state index is -0.432. The van der Waals surface area contributed by atoms with Crippen LogP contribution in [0.4, 0.5) is 16.2 Å². The van der Waals surface area contributed by atoms with Gasteiger partial charge in [0, 0.05) is 11.8 Å². The number of halogens is 2. The zero-order chi connectivity index (χ0) is 14.8. The van der Waals surface area contributed by atoms with Crippen molar-refractivity contribution in [3.8, 4) is 11.5 Å². The zero-order valence-electron chi connectivity index (χ0n) is 10.7. The summed E-state index contributed by atoms with van der Waals surface area (Å²) in [5, 5.41) is 5.97. The van der Waals surface area contributed by atoms with Crippen LogP contribution in [0.15, 0.2) is 36.4 Å². The number of ether oxygens (including phenoxy) is 2. The Morgan fingerprint density at radius 3 is 2.71 bits per heavy atom. The maximum atomic E-state index is 11.9. The largest absolute Gasteiger partial charge is 0.454 e. The Morgan fingerprint density at radius 2 is 1.86 bits per heavy atom. The summed E-state index contributed by atoms with van der Waals surface area (Å²) in [6, 6.07) is 9.69. The number of urea groups is 1. The quantitative estimate of drug-likeness (QED) is 0.862. The van der Waals surface area contributed by atoms with Crippen LogP contribution in [0.3, 0.4) is 0 Å². The van der Waals surface area contributed by atoms with Gasteiger partial charge in [-0.15, -0.1) is 0 Å². The molecular formula is C14H10Cl2N2O3. The van der Waals surface area contributed by atoms with Gasteiger partial charge < -0.3 is 20.1 Å². The van der Waals surface area contributed by atoms with E-state index >= 15 is 0 Å². The van der Waals surface area contributed by atoms with Crippen molar-refractivity contribution < 1.29 is 14.3 Å². The van der Waals surface area contributed by atoms with Gasteiger partial charge in [0.2, 0.25) is 6.79 Å². The summed E-state index contributed by atoms with van der Waals surface area (Å²) >= 11 is 11.9. The number of rotatable bonds is 2. The third-order valence-electron chi connectivity index (χ3n) is 2.83. The minimum absolute atomic E-state index is 0.184. The van der Waals surface area contributed by atoms with Crippen molar-refractivity contribution in [3.63, 3.8) is 0 Å². The van der Waals surface area contributed by atoms with Gasteiger partial charge in [-0.2, -0.15) is 0 Å². The molecule has 0 radical (unpaired) electrons. The van der Waals surface area contributed by atoms with Gasteiger partial charge in [-0.05, 0) is 24.3 Å². The SMILES string of the molecule is O=C(Nc1ccc2c(c1)OCO2)Nc1cccc(Cl)c1Cl. The van der Waals surface area contributed by atoms with Crippen molar-refractivity contribution in [3.05, 3.63) is 46.4 Å². The number of hydrogen-bond donors (Lipinski definition) is 2. The molecule has 0 unspecified atom stereocenters. The summed E-state index contributed by atoms with van der Waals surface area (Å²) in [4.78, 5) is 11.9. The van der Waals surface area contributed by atoms with Crippen LogP contribution in [0.5, 0.6) is 11.5 Å². The first-order chi connectivity index (χ1) is 10.1. The van der Waals surface area contributed by atoms with Gasteiger partial charge in [-0.3, -0.25) is 0 Å². The molecule has 1 heterocycles. The highest BCUT2D eigenvalue weighted by Crippen LogP contribution is 2.34. The Kier molecular flexibility index (Phi) is 3.77. The molecule has 2 amide bonds. The van der Waals surface area contributed by atoms with Crippen LogP contribution in [-0.4, -0.2) is 12.8 Å². The van der Waals surface area contributed by atoms with Gasteiger partial charge in [0.1, 0.15) is 0 Å². The minimum Gasteiger partial charge on any atom is -0.454 e. The topological polar surface area (TPSA) is 59.6 Å². The molecule has 0 saturated carbocycles. The average molecular weight is 325 g/mol. The van der Waals surface area contributed by atoms with Crippen LogP contribution in [0, 0.1) is 0 Å². The second kappa shape index (κ2) is 5.71. The Hall–Kier alpha value is -2.11. The normalized spacial score (nSPS) is 12.1. The lowest BCUT2D eigenvalue weighted by Crippen LogP contribution is -2.19. The van der Waals surface area contributed by atoms with Crippen LogP contribution in [0.25, 0.3) is 0 Å². The van der Waals surface area contributed by atoms with E-state index in [1.165, 1.54) is 0 Å². The standard InChI is InChI=1S/C14H10Cl2N2O3/c15-9-2-1-3-10(13(9)16)18-14(19)17-8-4-5-11-12(6-8)21-7-20-11/h1-6H,7H2,(H2,17,18,19). The molecule has 0 aliphatic carbocycles. The number of benzene rings is 2. The second-order valence-electron chi connectivity index (χ2n) is 4.25. The van der Waals surface area contributed by atoms with E-state index in [4.69, 9.17) is 32.7 Å². The van der Waals surface area contributed by atoms with Crippen LogP contribution < -0.4 is 20.1 Å². The molecule has 21 heavy (non-hydrogen) atoms. The number of nitrogens with one attached hydrogen (secondary N) is 2. The molecule has 0 saturated heterocycles. The molecule has 108 valence electrons. The molecule has 7 heteroatoms. The Bertz CT molecular complexity index is 707. The van der Waals surface area contributed by atoms with E-state index in [0.717, 1.165) is 0 Å². The number of anilines is 2. The van der Waals surface area contributed by atoms with Crippen LogP contribution in [0.2, 0.25) is 10.0 Å². The number of fused-ring (bicyclic) bond motifs is 1. The van der Waals surface area contributed by atoms with Crippen LogP contribution in [-0.2, 0) is 0 Å². The molecular weight excluding hydrogens is 315 g/mol. The summed E-state index contributed by atoms with van der Waals surface area (Å²) in [6.07, 6.45) is 0. The summed E-state index contributed by atoms with van der Waals surface area (Å²) < 4.78 is 10.4. The lowest BCUT2D eigenvalue weighted by Gasteiger charge is -2.10. The predicted molar refractivity (Wildman–Crippen MR) is 81.7 cm³/mol. The number of carbonyl (C=O) groups is 1. The smallest absolute Gasteiger partial charge is 0.323 e. The molecule has 0 atom stereocenters. The van der Waals surface area contributed by atoms with Crippen LogP contribution in [0.1, 0.15) is 0 Å². The molecule has 2 N–H and O–H groups in total. The van der Waals surface area contributed by atoms with Crippen molar-refractivity contribution in [1.29, 1.82) is 0 Å². The highest BCUT2D eigenvalue weighted by molar-refractivity contribution is 6.44. The van der Waals surface area contributed by atoms with Crippen LogP contribution >= 0.6 is 23.2 Å². The molecule has 0 bridgehead atoms. The molecule has 1 aliphatic heterocycles. The highest BCUT2D eigenvalue weighted by atomic mass is 35.5. The van der Waals surface area contributed by atoms with Gasteiger partial charge in [0.15, 0.2) is 11.5 Å². The molecule has 0 spiro atoms. The van der Waals surface area contributed by atoms with E-state index in [0.29, 0.717) is 32.9 Å². The number of amides is 2.